The number of rotatable bonds is 6. The summed E-state index contributed by atoms with van der Waals surface area (Å²) in [6, 6.07) is 21.5. The summed E-state index contributed by atoms with van der Waals surface area (Å²) in [6.45, 7) is 9.60. The van der Waals surface area contributed by atoms with Crippen LogP contribution in [0, 0.1) is 0 Å². The Bertz CT molecular complexity index is 829. The van der Waals surface area contributed by atoms with Crippen molar-refractivity contribution in [1.82, 2.24) is 0 Å². The van der Waals surface area contributed by atoms with Crippen LogP contribution in [0.2, 0.25) is 5.04 Å². The molecule has 0 aliphatic carbocycles. The highest BCUT2D eigenvalue weighted by Crippen LogP contribution is 2.38. The van der Waals surface area contributed by atoms with Gasteiger partial charge in [0.1, 0.15) is 0 Å². The van der Waals surface area contributed by atoms with Crippen LogP contribution in [0.3, 0.4) is 0 Å². The predicted molar refractivity (Wildman–Crippen MR) is 121 cm³/mol. The topological polar surface area (TPSA) is 35.2 Å². The van der Waals surface area contributed by atoms with Gasteiger partial charge in [-0.2, -0.15) is 0 Å². The molecular formula is C23H29NOSSi. The Labute approximate surface area is 168 Å². The molecule has 4 heteroatoms. The molecule has 0 amide bonds. The van der Waals surface area contributed by atoms with Crippen molar-refractivity contribution in [3.63, 3.8) is 0 Å². The Morgan fingerprint density at radius 1 is 0.926 bits per heavy atom. The first-order valence-corrected chi connectivity index (χ1v) is 12.3. The highest BCUT2D eigenvalue weighted by Gasteiger charge is 2.50. The number of aryl methyl sites for hydroxylation is 1. The Hall–Kier alpha value is -1.88. The van der Waals surface area contributed by atoms with Crippen LogP contribution < -0.4 is 16.1 Å². The summed E-state index contributed by atoms with van der Waals surface area (Å²) < 4.78 is 6.96. The molecule has 0 bridgehead atoms. The second-order valence-corrected chi connectivity index (χ2v) is 13.2. The molecule has 2 aromatic carbocycles. The highest BCUT2D eigenvalue weighted by atomic mass is 32.1. The van der Waals surface area contributed by atoms with Crippen molar-refractivity contribution in [1.29, 1.82) is 0 Å². The van der Waals surface area contributed by atoms with Gasteiger partial charge in [0, 0.05) is 0 Å². The SMILES string of the molecule is CCc1csc(CO[Si](c2ccccc2)(c2ccccc2)C(C)(C)C)c1N. The first-order chi connectivity index (χ1) is 12.9. The van der Waals surface area contributed by atoms with Gasteiger partial charge < -0.3 is 10.2 Å². The summed E-state index contributed by atoms with van der Waals surface area (Å²) in [5.41, 5.74) is 8.50. The lowest BCUT2D eigenvalue weighted by Crippen LogP contribution is -2.66. The van der Waals surface area contributed by atoms with Gasteiger partial charge in [0.15, 0.2) is 0 Å². The first-order valence-electron chi connectivity index (χ1n) is 9.50. The number of hydrogen-bond acceptors (Lipinski definition) is 3. The van der Waals surface area contributed by atoms with E-state index < -0.39 is 8.32 Å². The van der Waals surface area contributed by atoms with E-state index in [2.05, 4.69) is 93.7 Å². The molecule has 0 unspecified atom stereocenters. The van der Waals surface area contributed by atoms with E-state index in [4.69, 9.17) is 10.2 Å². The molecule has 3 aromatic rings. The number of nitrogen functional groups attached to an aromatic ring is 1. The zero-order chi connectivity index (χ0) is 19.5. The van der Waals surface area contributed by atoms with Gasteiger partial charge in [-0.1, -0.05) is 88.4 Å². The zero-order valence-electron chi connectivity index (χ0n) is 16.7. The minimum atomic E-state index is -2.50. The number of hydrogen-bond donors (Lipinski definition) is 1. The average Bonchev–Trinajstić information content (AvgIpc) is 3.03. The van der Waals surface area contributed by atoms with Crippen molar-refractivity contribution in [3.05, 3.63) is 76.5 Å². The van der Waals surface area contributed by atoms with E-state index >= 15 is 0 Å². The Morgan fingerprint density at radius 3 is 1.85 bits per heavy atom. The molecule has 1 aromatic heterocycles. The summed E-state index contributed by atoms with van der Waals surface area (Å²) in [5.74, 6) is 0. The Kier molecular flexibility index (Phi) is 5.89. The molecule has 0 atom stereocenters. The summed E-state index contributed by atoms with van der Waals surface area (Å²) in [5, 5.41) is 4.75. The molecular weight excluding hydrogens is 366 g/mol. The summed E-state index contributed by atoms with van der Waals surface area (Å²) in [4.78, 5) is 1.14. The van der Waals surface area contributed by atoms with Crippen molar-refractivity contribution in [2.45, 2.75) is 45.8 Å². The van der Waals surface area contributed by atoms with Crippen LogP contribution >= 0.6 is 11.3 Å². The number of anilines is 1. The molecule has 0 aliphatic rings. The maximum absolute atomic E-state index is 6.96. The molecule has 1 heterocycles. The van der Waals surface area contributed by atoms with Crippen LogP contribution in [0.5, 0.6) is 0 Å². The van der Waals surface area contributed by atoms with Crippen molar-refractivity contribution in [2.75, 3.05) is 5.73 Å². The molecule has 2 nitrogen and oxygen atoms in total. The summed E-state index contributed by atoms with van der Waals surface area (Å²) in [6.07, 6.45) is 0.960. The van der Waals surface area contributed by atoms with Crippen molar-refractivity contribution >= 4 is 35.7 Å². The Balaban J connectivity index is 2.10. The molecule has 2 N–H and O–H groups in total. The van der Waals surface area contributed by atoms with E-state index in [0.29, 0.717) is 6.61 Å². The van der Waals surface area contributed by atoms with E-state index in [1.54, 1.807) is 11.3 Å². The van der Waals surface area contributed by atoms with Crippen LogP contribution in [0.25, 0.3) is 0 Å². The predicted octanol–water partition coefficient (Wildman–Crippen LogP) is 4.97. The first kappa shape index (κ1) is 19.9. The number of benzene rings is 2. The van der Waals surface area contributed by atoms with Gasteiger partial charge in [0.25, 0.3) is 8.32 Å². The van der Waals surface area contributed by atoms with E-state index in [1.165, 1.54) is 15.9 Å². The molecule has 27 heavy (non-hydrogen) atoms. The quantitative estimate of drug-likeness (QED) is 0.598. The van der Waals surface area contributed by atoms with Crippen molar-refractivity contribution in [3.8, 4) is 0 Å². The lowest BCUT2D eigenvalue weighted by Gasteiger charge is -2.43. The molecule has 0 radical (unpaired) electrons. The van der Waals surface area contributed by atoms with E-state index in [-0.39, 0.29) is 5.04 Å². The molecule has 142 valence electrons. The van der Waals surface area contributed by atoms with Crippen LogP contribution in [0.15, 0.2) is 66.0 Å². The lowest BCUT2D eigenvalue weighted by atomic mass is 10.2. The number of thiophene rings is 1. The molecule has 0 spiro atoms. The molecule has 0 fully saturated rings. The third-order valence-corrected chi connectivity index (χ3v) is 11.2. The normalized spacial score (nSPS) is 12.3. The third-order valence-electron chi connectivity index (χ3n) is 5.21. The van der Waals surface area contributed by atoms with Gasteiger partial charge in [0.05, 0.1) is 17.2 Å². The fraction of sp³-hybridized carbons (Fsp3) is 0.304. The maximum Gasteiger partial charge on any atom is 0.261 e. The van der Waals surface area contributed by atoms with Gasteiger partial charge >= 0.3 is 0 Å². The van der Waals surface area contributed by atoms with Crippen LogP contribution in [-0.2, 0) is 17.5 Å². The second kappa shape index (κ2) is 8.01. The fourth-order valence-corrected chi connectivity index (χ4v) is 9.35. The van der Waals surface area contributed by atoms with E-state index in [0.717, 1.165) is 17.0 Å². The minimum absolute atomic E-state index is 0.0185. The summed E-state index contributed by atoms with van der Waals surface area (Å²) in [7, 11) is -2.50. The van der Waals surface area contributed by atoms with Gasteiger partial charge in [-0.25, -0.2) is 0 Å². The fourth-order valence-electron chi connectivity index (χ4n) is 3.77. The van der Waals surface area contributed by atoms with Gasteiger partial charge in [0.2, 0.25) is 0 Å². The van der Waals surface area contributed by atoms with Crippen LogP contribution in [0.4, 0.5) is 5.69 Å². The standard InChI is InChI=1S/C23H29NOSSi/c1-5-18-17-26-21(22(18)24)16-25-27(23(2,3)4,19-12-8-6-9-13-19)20-14-10-7-11-15-20/h6-15,17H,5,16,24H2,1-4H3. The minimum Gasteiger partial charge on any atom is -0.402 e. The van der Waals surface area contributed by atoms with Gasteiger partial charge in [-0.3, -0.25) is 0 Å². The van der Waals surface area contributed by atoms with E-state index in [1.807, 2.05) is 0 Å². The Morgan fingerprint density at radius 2 is 1.44 bits per heavy atom. The molecule has 3 rings (SSSR count). The van der Waals surface area contributed by atoms with Crippen molar-refractivity contribution < 1.29 is 4.43 Å². The van der Waals surface area contributed by atoms with Crippen LogP contribution in [-0.4, -0.2) is 8.32 Å². The lowest BCUT2D eigenvalue weighted by molar-refractivity contribution is 0.290. The highest BCUT2D eigenvalue weighted by molar-refractivity contribution is 7.10. The molecule has 0 saturated heterocycles. The van der Waals surface area contributed by atoms with Gasteiger partial charge in [-0.15, -0.1) is 11.3 Å². The third kappa shape index (κ3) is 3.75. The van der Waals surface area contributed by atoms with Crippen molar-refractivity contribution in [2.24, 2.45) is 0 Å². The smallest absolute Gasteiger partial charge is 0.261 e. The largest absolute Gasteiger partial charge is 0.402 e. The molecule has 0 saturated carbocycles. The average molecular weight is 396 g/mol. The number of nitrogens with two attached hydrogens (primary N) is 1. The maximum atomic E-state index is 6.96. The van der Waals surface area contributed by atoms with Crippen LogP contribution in [0.1, 0.15) is 38.1 Å². The summed E-state index contributed by atoms with van der Waals surface area (Å²) >= 11 is 1.71. The van der Waals surface area contributed by atoms with Gasteiger partial charge in [-0.05, 0) is 32.8 Å². The van der Waals surface area contributed by atoms with E-state index in [9.17, 15) is 0 Å². The monoisotopic (exact) mass is 395 g/mol. The second-order valence-electron chi connectivity index (χ2n) is 7.90. The molecule has 0 aliphatic heterocycles. The zero-order valence-corrected chi connectivity index (χ0v) is 18.5.